The van der Waals surface area contributed by atoms with Crippen molar-refractivity contribution in [3.05, 3.63) is 30.4 Å². The summed E-state index contributed by atoms with van der Waals surface area (Å²) in [6.07, 6.45) is 3.14. The van der Waals surface area contributed by atoms with Crippen LogP contribution >= 0.6 is 0 Å². The maximum atomic E-state index is 13.9. The molecule has 5 rings (SSSR count). The lowest BCUT2D eigenvalue weighted by Gasteiger charge is -2.34. The number of ether oxygens (including phenoxy) is 1. The highest BCUT2D eigenvalue weighted by Gasteiger charge is 2.47. The number of imidazole rings is 1. The van der Waals surface area contributed by atoms with Crippen molar-refractivity contribution >= 4 is 11.5 Å². The van der Waals surface area contributed by atoms with E-state index in [1.54, 1.807) is 23.0 Å². The zero-order valence-corrected chi connectivity index (χ0v) is 16.1. The van der Waals surface area contributed by atoms with E-state index < -0.39 is 12.1 Å². The summed E-state index contributed by atoms with van der Waals surface area (Å²) in [5.41, 5.74) is 2.00. The van der Waals surface area contributed by atoms with Gasteiger partial charge in [0.15, 0.2) is 5.65 Å². The number of hydrogen-bond donors (Lipinski definition) is 2. The van der Waals surface area contributed by atoms with Gasteiger partial charge in [0.1, 0.15) is 34.8 Å². The molecule has 8 nitrogen and oxygen atoms in total. The quantitative estimate of drug-likeness (QED) is 0.657. The first-order valence-electron chi connectivity index (χ1n) is 9.68. The molecule has 11 heteroatoms. The number of rotatable bonds is 5. The number of methoxy groups -OCH3 is 1. The molecule has 1 aliphatic heterocycles. The number of hydrogen-bond acceptors (Lipinski definition) is 7. The third kappa shape index (κ3) is 3.32. The summed E-state index contributed by atoms with van der Waals surface area (Å²) < 4.78 is 47.6. The van der Waals surface area contributed by atoms with E-state index in [1.165, 1.54) is 13.3 Å². The molecule has 0 bridgehead atoms. The Hall–Kier alpha value is -2.95. The topological polar surface area (TPSA) is 89.3 Å². The lowest BCUT2D eigenvalue weighted by atomic mass is 9.79. The van der Waals surface area contributed by atoms with Crippen molar-refractivity contribution in [1.82, 2.24) is 29.9 Å². The smallest absolute Gasteiger partial charge is 0.249 e. The van der Waals surface area contributed by atoms with E-state index in [1.807, 2.05) is 0 Å². The first kappa shape index (κ1) is 19.0. The standard InChI is InChI=1S/C19H20F3N7O/c1-30-15-2-17-25-8-14(29(17)28-18(15)10-3-19(21,22)4-10)13-7-24-9-16(27-13)26-12-6-23-5-11(12)20/h2,7-12,23H,3-6H2,1H3,(H,26,27). The van der Waals surface area contributed by atoms with Crippen LogP contribution in [0.3, 0.4) is 0 Å². The molecule has 2 N–H and O–H groups in total. The monoisotopic (exact) mass is 419 g/mol. The summed E-state index contributed by atoms with van der Waals surface area (Å²) in [6, 6.07) is 1.29. The molecule has 158 valence electrons. The SMILES string of the molecule is COc1cc2ncc(-c3cncc(NC4CNCC4F)n3)n2nc1C1CC(F)(F)C1. The van der Waals surface area contributed by atoms with E-state index in [0.29, 0.717) is 47.4 Å². The Morgan fingerprint density at radius 1 is 1.23 bits per heavy atom. The van der Waals surface area contributed by atoms with Gasteiger partial charge in [-0.2, -0.15) is 5.10 Å². The second-order valence-electron chi connectivity index (χ2n) is 7.69. The maximum absolute atomic E-state index is 13.9. The zero-order valence-electron chi connectivity index (χ0n) is 16.1. The summed E-state index contributed by atoms with van der Waals surface area (Å²) >= 11 is 0. The van der Waals surface area contributed by atoms with Gasteiger partial charge in [-0.05, 0) is 0 Å². The molecule has 2 fully saturated rings. The largest absolute Gasteiger partial charge is 0.495 e. The first-order valence-corrected chi connectivity index (χ1v) is 9.68. The fraction of sp³-hybridized carbons (Fsp3) is 0.474. The van der Waals surface area contributed by atoms with E-state index in [4.69, 9.17) is 4.74 Å². The highest BCUT2D eigenvalue weighted by Crippen LogP contribution is 2.49. The summed E-state index contributed by atoms with van der Waals surface area (Å²) in [5, 5.41) is 10.6. The molecule has 0 spiro atoms. The minimum atomic E-state index is -2.67. The Labute approximate surface area is 169 Å². The molecular formula is C19H20F3N7O. The highest BCUT2D eigenvalue weighted by molar-refractivity contribution is 5.61. The molecule has 4 heterocycles. The molecule has 0 aromatic carbocycles. The Morgan fingerprint density at radius 3 is 2.77 bits per heavy atom. The fourth-order valence-corrected chi connectivity index (χ4v) is 3.92. The summed E-state index contributed by atoms with van der Waals surface area (Å²) in [6.45, 7) is 0.798. The minimum absolute atomic E-state index is 0.259. The van der Waals surface area contributed by atoms with Crippen LogP contribution in [-0.2, 0) is 0 Å². The lowest BCUT2D eigenvalue weighted by molar-refractivity contribution is -0.0881. The summed E-state index contributed by atoms with van der Waals surface area (Å²) in [7, 11) is 1.48. The zero-order chi connectivity index (χ0) is 20.9. The third-order valence-corrected chi connectivity index (χ3v) is 5.55. The number of alkyl halides is 3. The van der Waals surface area contributed by atoms with Gasteiger partial charge in [-0.1, -0.05) is 0 Å². The number of anilines is 1. The average molecular weight is 419 g/mol. The average Bonchev–Trinajstić information content (AvgIpc) is 3.31. The van der Waals surface area contributed by atoms with E-state index in [-0.39, 0.29) is 24.8 Å². The van der Waals surface area contributed by atoms with Crippen LogP contribution in [0.15, 0.2) is 24.7 Å². The van der Waals surface area contributed by atoms with Crippen LogP contribution in [0.4, 0.5) is 19.0 Å². The van der Waals surface area contributed by atoms with Gasteiger partial charge in [0.2, 0.25) is 5.92 Å². The molecule has 1 aliphatic carbocycles. The molecule has 1 saturated heterocycles. The van der Waals surface area contributed by atoms with Crippen molar-refractivity contribution < 1.29 is 17.9 Å². The van der Waals surface area contributed by atoms with Gasteiger partial charge >= 0.3 is 0 Å². The van der Waals surface area contributed by atoms with Crippen molar-refractivity contribution in [2.75, 3.05) is 25.5 Å². The van der Waals surface area contributed by atoms with Gasteiger partial charge in [0, 0.05) is 37.9 Å². The predicted octanol–water partition coefficient (Wildman–Crippen LogP) is 2.43. The van der Waals surface area contributed by atoms with Crippen molar-refractivity contribution in [2.45, 2.75) is 36.9 Å². The number of halogens is 3. The minimum Gasteiger partial charge on any atom is -0.495 e. The summed E-state index contributed by atoms with van der Waals surface area (Å²) in [5.74, 6) is -2.18. The van der Waals surface area contributed by atoms with Crippen LogP contribution in [-0.4, -0.2) is 62.9 Å². The number of nitrogens with one attached hydrogen (secondary N) is 2. The normalized spacial score (nSPS) is 23.5. The molecule has 0 radical (unpaired) electrons. The van der Waals surface area contributed by atoms with E-state index in [2.05, 4.69) is 30.7 Å². The highest BCUT2D eigenvalue weighted by atomic mass is 19.3. The lowest BCUT2D eigenvalue weighted by Crippen LogP contribution is -2.34. The van der Waals surface area contributed by atoms with Crippen LogP contribution < -0.4 is 15.4 Å². The van der Waals surface area contributed by atoms with Crippen LogP contribution in [0.25, 0.3) is 17.0 Å². The second kappa shape index (κ2) is 7.08. The Bertz CT molecular complexity index is 1080. The van der Waals surface area contributed by atoms with Gasteiger partial charge in [-0.25, -0.2) is 27.7 Å². The van der Waals surface area contributed by atoms with Crippen molar-refractivity contribution in [3.63, 3.8) is 0 Å². The molecule has 3 aromatic rings. The third-order valence-electron chi connectivity index (χ3n) is 5.55. The second-order valence-corrected chi connectivity index (χ2v) is 7.69. The molecule has 2 aliphatic rings. The first-order chi connectivity index (χ1) is 14.4. The van der Waals surface area contributed by atoms with Crippen molar-refractivity contribution in [2.24, 2.45) is 0 Å². The molecule has 2 atom stereocenters. The Kier molecular flexibility index (Phi) is 4.49. The fourth-order valence-electron chi connectivity index (χ4n) is 3.92. The van der Waals surface area contributed by atoms with Gasteiger partial charge in [0.05, 0.1) is 31.7 Å². The molecule has 1 saturated carbocycles. The van der Waals surface area contributed by atoms with Crippen LogP contribution in [0.1, 0.15) is 24.5 Å². The number of nitrogens with zero attached hydrogens (tertiary/aromatic N) is 5. The number of fused-ring (bicyclic) bond motifs is 1. The van der Waals surface area contributed by atoms with Gasteiger partial charge in [0.25, 0.3) is 0 Å². The molecular weight excluding hydrogens is 399 g/mol. The van der Waals surface area contributed by atoms with Crippen LogP contribution in [0.2, 0.25) is 0 Å². The van der Waals surface area contributed by atoms with Crippen LogP contribution in [0, 0.1) is 0 Å². The number of aromatic nitrogens is 5. The van der Waals surface area contributed by atoms with Crippen LogP contribution in [0.5, 0.6) is 5.75 Å². The molecule has 2 unspecified atom stereocenters. The van der Waals surface area contributed by atoms with Crippen molar-refractivity contribution in [3.8, 4) is 17.1 Å². The van der Waals surface area contributed by atoms with Gasteiger partial charge < -0.3 is 15.4 Å². The molecule has 30 heavy (non-hydrogen) atoms. The Balaban J connectivity index is 1.49. The summed E-state index contributed by atoms with van der Waals surface area (Å²) in [4.78, 5) is 13.0. The van der Waals surface area contributed by atoms with E-state index in [0.717, 1.165) is 0 Å². The van der Waals surface area contributed by atoms with E-state index >= 15 is 0 Å². The van der Waals surface area contributed by atoms with Gasteiger partial charge in [-0.3, -0.25) is 4.98 Å². The van der Waals surface area contributed by atoms with E-state index in [9.17, 15) is 13.2 Å². The predicted molar refractivity (Wildman–Crippen MR) is 103 cm³/mol. The maximum Gasteiger partial charge on any atom is 0.249 e. The molecule has 0 amide bonds. The van der Waals surface area contributed by atoms with Gasteiger partial charge in [-0.15, -0.1) is 0 Å². The van der Waals surface area contributed by atoms with Crippen molar-refractivity contribution in [1.29, 1.82) is 0 Å². The molecule has 3 aromatic heterocycles. The Morgan fingerprint density at radius 2 is 2.07 bits per heavy atom.